The summed E-state index contributed by atoms with van der Waals surface area (Å²) in [5.74, 6) is 6.56. The van der Waals surface area contributed by atoms with E-state index >= 15 is 0 Å². The normalized spacial score (nSPS) is 10.1. The van der Waals surface area contributed by atoms with E-state index in [1.807, 2.05) is 12.1 Å². The van der Waals surface area contributed by atoms with Crippen LogP contribution in [0.1, 0.15) is 5.56 Å². The van der Waals surface area contributed by atoms with Gasteiger partial charge in [0.15, 0.2) is 0 Å². The molecular weight excluding hydrogens is 262 g/mol. The van der Waals surface area contributed by atoms with E-state index in [4.69, 9.17) is 15.4 Å². The van der Waals surface area contributed by atoms with Crippen molar-refractivity contribution in [1.82, 2.24) is 0 Å². The van der Waals surface area contributed by atoms with Crippen molar-refractivity contribution in [3.8, 4) is 11.5 Å². The van der Waals surface area contributed by atoms with Crippen molar-refractivity contribution in [3.63, 3.8) is 0 Å². The molecule has 0 bridgehead atoms. The van der Waals surface area contributed by atoms with Crippen LogP contribution in [0, 0.1) is 0 Å². The molecule has 0 radical (unpaired) electrons. The Morgan fingerprint density at radius 1 is 1.20 bits per heavy atom. The fourth-order valence-corrected chi connectivity index (χ4v) is 2.01. The summed E-state index contributed by atoms with van der Waals surface area (Å²) in [4.78, 5) is 4.56. The van der Waals surface area contributed by atoms with Crippen LogP contribution in [0.25, 0.3) is 0 Å². The van der Waals surface area contributed by atoms with Crippen LogP contribution in [0.5, 0.6) is 11.5 Å². The number of halogens is 1. The first kappa shape index (κ1) is 12.3. The third kappa shape index (κ3) is 2.84. The minimum atomic E-state index is 0.433. The van der Waals surface area contributed by atoms with E-state index in [1.165, 1.54) is 0 Å². The van der Waals surface area contributed by atoms with Crippen LogP contribution < -0.4 is 15.4 Å². The monoisotopic (exact) mass is 275 g/mol. The highest BCUT2D eigenvalue weighted by Crippen LogP contribution is 2.35. The molecule has 84 valence electrons. The van der Waals surface area contributed by atoms with Crippen molar-refractivity contribution in [2.24, 2.45) is 5.90 Å². The average Bonchev–Trinajstić information content (AvgIpc) is 2.27. The smallest absolute Gasteiger partial charge is 0.133 e. The highest BCUT2D eigenvalue weighted by Gasteiger charge is 2.12. The predicted octanol–water partition coefficient (Wildman–Crippen LogP) is 1.90. The van der Waals surface area contributed by atoms with Gasteiger partial charge in [0.25, 0.3) is 0 Å². The van der Waals surface area contributed by atoms with Crippen LogP contribution in [0.3, 0.4) is 0 Å². The molecule has 5 heteroatoms. The number of rotatable bonds is 5. The molecule has 0 atom stereocenters. The SMILES string of the molecule is COc1ccc(OC)c(CCON)c1Br. The standard InChI is InChI=1S/C10H14BrNO3/c1-13-8-3-4-9(14-2)10(11)7(8)5-6-15-12/h3-4H,5-6,12H2,1-2H3. The van der Waals surface area contributed by atoms with Gasteiger partial charge >= 0.3 is 0 Å². The zero-order chi connectivity index (χ0) is 11.3. The van der Waals surface area contributed by atoms with Gasteiger partial charge in [-0.25, -0.2) is 5.90 Å². The van der Waals surface area contributed by atoms with Gasteiger partial charge in [0.1, 0.15) is 11.5 Å². The van der Waals surface area contributed by atoms with E-state index in [2.05, 4.69) is 20.8 Å². The van der Waals surface area contributed by atoms with E-state index < -0.39 is 0 Å². The molecular formula is C10H14BrNO3. The van der Waals surface area contributed by atoms with Gasteiger partial charge in [0.05, 0.1) is 25.3 Å². The van der Waals surface area contributed by atoms with Gasteiger partial charge in [0.2, 0.25) is 0 Å². The van der Waals surface area contributed by atoms with Gasteiger partial charge in [0, 0.05) is 12.0 Å². The van der Waals surface area contributed by atoms with Crippen LogP contribution in [-0.2, 0) is 11.3 Å². The number of ether oxygens (including phenoxy) is 2. The predicted molar refractivity (Wildman–Crippen MR) is 61.1 cm³/mol. The maximum atomic E-state index is 5.24. The van der Waals surface area contributed by atoms with E-state index in [-0.39, 0.29) is 0 Å². The summed E-state index contributed by atoms with van der Waals surface area (Å²) in [5, 5.41) is 0. The van der Waals surface area contributed by atoms with Crippen molar-refractivity contribution < 1.29 is 14.3 Å². The molecule has 1 aromatic carbocycles. The van der Waals surface area contributed by atoms with Gasteiger partial charge < -0.3 is 14.3 Å². The molecule has 0 saturated heterocycles. The highest BCUT2D eigenvalue weighted by molar-refractivity contribution is 9.10. The van der Waals surface area contributed by atoms with Crippen LogP contribution in [-0.4, -0.2) is 20.8 Å². The van der Waals surface area contributed by atoms with Gasteiger partial charge in [-0.2, -0.15) is 0 Å². The number of nitrogens with two attached hydrogens (primary N) is 1. The maximum absolute atomic E-state index is 5.24. The molecule has 0 fully saturated rings. The summed E-state index contributed by atoms with van der Waals surface area (Å²) in [6, 6.07) is 3.70. The van der Waals surface area contributed by atoms with Gasteiger partial charge in [-0.3, -0.25) is 0 Å². The third-order valence-corrected chi connectivity index (χ3v) is 2.94. The number of benzene rings is 1. The van der Waals surface area contributed by atoms with E-state index in [9.17, 15) is 0 Å². The number of hydrogen-bond acceptors (Lipinski definition) is 4. The first-order valence-corrected chi connectivity index (χ1v) is 5.25. The van der Waals surface area contributed by atoms with E-state index in [1.54, 1.807) is 14.2 Å². The topological polar surface area (TPSA) is 53.7 Å². The number of hydrogen-bond donors (Lipinski definition) is 1. The summed E-state index contributed by atoms with van der Waals surface area (Å²) in [6.07, 6.45) is 0.664. The molecule has 0 aliphatic heterocycles. The molecule has 1 rings (SSSR count). The Kier molecular flexibility index (Phi) is 4.87. The lowest BCUT2D eigenvalue weighted by Gasteiger charge is -2.13. The summed E-state index contributed by atoms with van der Waals surface area (Å²) in [5.41, 5.74) is 0.988. The molecule has 1 aromatic rings. The van der Waals surface area contributed by atoms with E-state index in [0.717, 1.165) is 21.5 Å². The number of methoxy groups -OCH3 is 2. The van der Waals surface area contributed by atoms with E-state index in [0.29, 0.717) is 13.0 Å². The fraction of sp³-hybridized carbons (Fsp3) is 0.400. The first-order valence-electron chi connectivity index (χ1n) is 4.45. The summed E-state index contributed by atoms with van der Waals surface area (Å²) < 4.78 is 11.3. The second kappa shape index (κ2) is 5.95. The second-order valence-electron chi connectivity index (χ2n) is 2.88. The zero-order valence-corrected chi connectivity index (χ0v) is 10.3. The van der Waals surface area contributed by atoms with Crippen LogP contribution in [0.4, 0.5) is 0 Å². The summed E-state index contributed by atoms with van der Waals surface area (Å²) in [6.45, 7) is 0.433. The Labute approximate surface area is 97.4 Å². The lowest BCUT2D eigenvalue weighted by molar-refractivity contribution is 0.140. The molecule has 15 heavy (non-hydrogen) atoms. The second-order valence-corrected chi connectivity index (χ2v) is 3.68. The Balaban J connectivity index is 3.05. The van der Waals surface area contributed by atoms with Gasteiger partial charge in [-0.05, 0) is 28.1 Å². The lowest BCUT2D eigenvalue weighted by atomic mass is 10.1. The molecule has 0 saturated carbocycles. The fourth-order valence-electron chi connectivity index (χ4n) is 1.32. The average molecular weight is 276 g/mol. The van der Waals surface area contributed by atoms with Crippen molar-refractivity contribution >= 4 is 15.9 Å². The van der Waals surface area contributed by atoms with Crippen LogP contribution in [0.2, 0.25) is 0 Å². The molecule has 0 aromatic heterocycles. The van der Waals surface area contributed by atoms with Crippen molar-refractivity contribution in [3.05, 3.63) is 22.2 Å². The maximum Gasteiger partial charge on any atom is 0.133 e. The molecule has 0 spiro atoms. The molecule has 0 amide bonds. The Morgan fingerprint density at radius 3 is 2.33 bits per heavy atom. The quantitative estimate of drug-likeness (QED) is 0.834. The third-order valence-electron chi connectivity index (χ3n) is 2.07. The van der Waals surface area contributed by atoms with Crippen molar-refractivity contribution in [2.75, 3.05) is 20.8 Å². The minimum Gasteiger partial charge on any atom is -0.496 e. The summed E-state index contributed by atoms with van der Waals surface area (Å²) in [7, 11) is 3.25. The Morgan fingerprint density at radius 2 is 1.80 bits per heavy atom. The highest BCUT2D eigenvalue weighted by atomic mass is 79.9. The molecule has 2 N–H and O–H groups in total. The summed E-state index contributed by atoms with van der Waals surface area (Å²) >= 11 is 3.46. The van der Waals surface area contributed by atoms with Crippen molar-refractivity contribution in [1.29, 1.82) is 0 Å². The molecule has 0 unspecified atom stereocenters. The van der Waals surface area contributed by atoms with Crippen LogP contribution >= 0.6 is 15.9 Å². The first-order chi connectivity index (χ1) is 7.24. The molecule has 0 aliphatic carbocycles. The van der Waals surface area contributed by atoms with Gasteiger partial charge in [-0.15, -0.1) is 0 Å². The van der Waals surface area contributed by atoms with Crippen molar-refractivity contribution in [2.45, 2.75) is 6.42 Å². The van der Waals surface area contributed by atoms with Gasteiger partial charge in [-0.1, -0.05) is 0 Å². The molecule has 0 aliphatic rings. The minimum absolute atomic E-state index is 0.433. The zero-order valence-electron chi connectivity index (χ0n) is 8.75. The Bertz CT molecular complexity index is 331. The molecule has 4 nitrogen and oxygen atoms in total. The Hall–Kier alpha value is -0.780. The molecule has 0 heterocycles. The lowest BCUT2D eigenvalue weighted by Crippen LogP contribution is -2.06. The largest absolute Gasteiger partial charge is 0.496 e. The van der Waals surface area contributed by atoms with Crippen LogP contribution in [0.15, 0.2) is 16.6 Å².